The van der Waals surface area contributed by atoms with Gasteiger partial charge in [-0.25, -0.2) is 4.99 Å². The zero-order valence-electron chi connectivity index (χ0n) is 9.35. The van der Waals surface area contributed by atoms with Crippen molar-refractivity contribution in [3.05, 3.63) is 10.7 Å². The number of aliphatic imine (C=N–C) groups is 1. The maximum atomic E-state index is 5.97. The van der Waals surface area contributed by atoms with Crippen LogP contribution >= 0.6 is 23.4 Å². The van der Waals surface area contributed by atoms with Gasteiger partial charge in [-0.3, -0.25) is 0 Å². The fourth-order valence-corrected chi connectivity index (χ4v) is 1.60. The van der Waals surface area contributed by atoms with Gasteiger partial charge >= 0.3 is 0 Å². The van der Waals surface area contributed by atoms with Crippen LogP contribution < -0.4 is 5.32 Å². The van der Waals surface area contributed by atoms with Crippen LogP contribution in [0.3, 0.4) is 0 Å². The first-order valence-corrected chi connectivity index (χ1v) is 6.37. The maximum Gasteiger partial charge on any atom is 0.0729 e. The zero-order valence-corrected chi connectivity index (χ0v) is 10.9. The van der Waals surface area contributed by atoms with Crippen molar-refractivity contribution in [1.29, 1.82) is 0 Å². The van der Waals surface area contributed by atoms with Gasteiger partial charge in [0.15, 0.2) is 0 Å². The minimum atomic E-state index is 0.792. The van der Waals surface area contributed by atoms with E-state index in [0.29, 0.717) is 0 Å². The third-order valence-electron chi connectivity index (χ3n) is 1.81. The summed E-state index contributed by atoms with van der Waals surface area (Å²) in [5, 5.41) is 5.02. The molecule has 0 fully saturated rings. The predicted molar refractivity (Wildman–Crippen MR) is 68.3 cm³/mol. The average Bonchev–Trinajstić information content (AvgIpc) is 2.18. The Bertz CT molecular complexity index is 214. The van der Waals surface area contributed by atoms with Gasteiger partial charge in [0.05, 0.1) is 10.7 Å². The number of nitrogens with zero attached hydrogens (tertiary/aromatic N) is 1. The molecule has 0 saturated carbocycles. The molecule has 0 aliphatic carbocycles. The van der Waals surface area contributed by atoms with E-state index in [1.54, 1.807) is 11.8 Å². The molecule has 0 spiro atoms. The van der Waals surface area contributed by atoms with E-state index in [-0.39, 0.29) is 0 Å². The zero-order chi connectivity index (χ0) is 11.0. The summed E-state index contributed by atoms with van der Waals surface area (Å²) in [6.07, 6.45) is 3.89. The molecule has 0 atom stereocenters. The highest BCUT2D eigenvalue weighted by molar-refractivity contribution is 8.13. The molecule has 2 nitrogen and oxygen atoms in total. The van der Waals surface area contributed by atoms with Crippen LogP contribution in [0.15, 0.2) is 15.7 Å². The van der Waals surface area contributed by atoms with Crippen LogP contribution in [0.4, 0.5) is 0 Å². The Hall–Kier alpha value is 0.01000. The van der Waals surface area contributed by atoms with Gasteiger partial charge in [-0.15, -0.1) is 11.8 Å². The molecule has 0 aromatic carbocycles. The van der Waals surface area contributed by atoms with Crippen molar-refractivity contribution in [2.75, 3.05) is 19.8 Å². The average molecular weight is 235 g/mol. The molecular formula is C10H19ClN2S. The summed E-state index contributed by atoms with van der Waals surface area (Å²) in [7, 11) is 1.93. The second-order valence-electron chi connectivity index (χ2n) is 2.90. The molecule has 1 N–H and O–H groups in total. The van der Waals surface area contributed by atoms with Crippen molar-refractivity contribution < 1.29 is 0 Å². The normalized spacial score (nSPS) is 14.2. The van der Waals surface area contributed by atoms with Gasteiger partial charge in [0, 0.05) is 18.0 Å². The molecule has 0 aromatic rings. The molecule has 0 unspecified atom stereocenters. The lowest BCUT2D eigenvalue weighted by molar-refractivity contribution is 0.778. The fraction of sp³-hybridized carbons (Fsp3) is 0.700. The molecule has 0 aliphatic heterocycles. The Morgan fingerprint density at radius 3 is 2.50 bits per heavy atom. The number of thioether (sulfide) groups is 1. The molecule has 0 radical (unpaired) electrons. The largest absolute Gasteiger partial charge is 0.319 e. The molecule has 0 bridgehead atoms. The van der Waals surface area contributed by atoms with Crippen LogP contribution in [0, 0.1) is 0 Å². The van der Waals surface area contributed by atoms with Crippen LogP contribution in [-0.2, 0) is 0 Å². The van der Waals surface area contributed by atoms with Crippen LogP contribution in [0.1, 0.15) is 26.7 Å². The first-order chi connectivity index (χ1) is 6.65. The molecule has 0 saturated heterocycles. The number of hydrogen-bond donors (Lipinski definition) is 1. The Labute approximate surface area is 96.2 Å². The highest BCUT2D eigenvalue weighted by Gasteiger charge is 2.01. The lowest BCUT2D eigenvalue weighted by Crippen LogP contribution is -2.08. The highest BCUT2D eigenvalue weighted by Crippen LogP contribution is 2.16. The first kappa shape index (κ1) is 14.0. The van der Waals surface area contributed by atoms with Crippen LogP contribution in [0.2, 0.25) is 0 Å². The van der Waals surface area contributed by atoms with E-state index in [4.69, 9.17) is 11.6 Å². The maximum absolute atomic E-state index is 5.97. The van der Waals surface area contributed by atoms with Crippen LogP contribution in [0.25, 0.3) is 0 Å². The van der Waals surface area contributed by atoms with E-state index in [9.17, 15) is 0 Å². The Balaban J connectivity index is 4.52. The van der Waals surface area contributed by atoms with E-state index < -0.39 is 0 Å². The van der Waals surface area contributed by atoms with Crippen molar-refractivity contribution in [2.24, 2.45) is 4.99 Å². The second-order valence-corrected chi connectivity index (χ2v) is 4.34. The van der Waals surface area contributed by atoms with Gasteiger partial charge in [-0.1, -0.05) is 18.5 Å². The second kappa shape index (κ2) is 8.33. The summed E-state index contributed by atoms with van der Waals surface area (Å²) in [5.41, 5.74) is 0.993. The molecule has 82 valence electrons. The summed E-state index contributed by atoms with van der Waals surface area (Å²) < 4.78 is 0. The molecule has 4 heteroatoms. The lowest BCUT2D eigenvalue weighted by Gasteiger charge is -2.05. The third kappa shape index (κ3) is 5.68. The molecule has 14 heavy (non-hydrogen) atoms. The van der Waals surface area contributed by atoms with E-state index in [1.807, 2.05) is 20.2 Å². The highest BCUT2D eigenvalue weighted by atomic mass is 35.5. The molecule has 0 aromatic heterocycles. The molecule has 0 rings (SSSR count). The van der Waals surface area contributed by atoms with Crippen molar-refractivity contribution in [3.63, 3.8) is 0 Å². The van der Waals surface area contributed by atoms with Gasteiger partial charge in [0.25, 0.3) is 0 Å². The minimum Gasteiger partial charge on any atom is -0.319 e. The topological polar surface area (TPSA) is 24.4 Å². The Morgan fingerprint density at radius 2 is 2.14 bits per heavy atom. The molecule has 0 amide bonds. The van der Waals surface area contributed by atoms with Gasteiger partial charge in [0.2, 0.25) is 0 Å². The summed E-state index contributed by atoms with van der Waals surface area (Å²) in [6.45, 7) is 4.91. The first-order valence-electron chi connectivity index (χ1n) is 4.77. The monoisotopic (exact) mass is 234 g/mol. The van der Waals surface area contributed by atoms with Gasteiger partial charge in [-0.05, 0) is 26.6 Å². The van der Waals surface area contributed by atoms with Crippen LogP contribution in [-0.4, -0.2) is 24.9 Å². The number of rotatable bonds is 5. The van der Waals surface area contributed by atoms with E-state index in [1.165, 1.54) is 0 Å². The fourth-order valence-electron chi connectivity index (χ4n) is 0.968. The summed E-state index contributed by atoms with van der Waals surface area (Å²) in [4.78, 5) is 4.54. The lowest BCUT2D eigenvalue weighted by atomic mass is 10.3. The van der Waals surface area contributed by atoms with Gasteiger partial charge in [-0.2, -0.15) is 0 Å². The van der Waals surface area contributed by atoms with Crippen LogP contribution in [0.5, 0.6) is 0 Å². The van der Waals surface area contributed by atoms with Gasteiger partial charge < -0.3 is 5.32 Å². The molecule has 0 heterocycles. The number of nitrogens with one attached hydrogen (secondary N) is 1. The summed E-state index contributed by atoms with van der Waals surface area (Å²) in [6, 6.07) is 0. The number of hydrogen-bond acceptors (Lipinski definition) is 3. The standard InChI is InChI=1S/C10H19ClN2S/c1-5-10(14-4)13-9(8(2)11)6-7-12-3/h12H,5-7H2,1-4H3/b9-8-,13-10+. The number of halogens is 1. The van der Waals surface area contributed by atoms with Gasteiger partial charge in [0.1, 0.15) is 0 Å². The quantitative estimate of drug-likeness (QED) is 0.584. The number of allylic oxidation sites excluding steroid dienone is 1. The van der Waals surface area contributed by atoms with Crippen molar-refractivity contribution in [3.8, 4) is 0 Å². The van der Waals surface area contributed by atoms with Crippen molar-refractivity contribution in [2.45, 2.75) is 26.7 Å². The van der Waals surface area contributed by atoms with E-state index >= 15 is 0 Å². The Morgan fingerprint density at radius 1 is 1.50 bits per heavy atom. The van der Waals surface area contributed by atoms with Crippen molar-refractivity contribution >= 4 is 28.4 Å². The van der Waals surface area contributed by atoms with Crippen molar-refractivity contribution in [1.82, 2.24) is 5.32 Å². The third-order valence-corrected chi connectivity index (χ3v) is 2.88. The predicted octanol–water partition coefficient (Wildman–Crippen LogP) is 3.24. The smallest absolute Gasteiger partial charge is 0.0729 e. The van der Waals surface area contributed by atoms with E-state index in [0.717, 1.165) is 35.2 Å². The SMILES string of the molecule is CC/C(=N\C(CCNC)=C(\C)Cl)SC. The molecular weight excluding hydrogens is 216 g/mol. The Kier molecular flexibility index (Phi) is 8.34. The summed E-state index contributed by atoms with van der Waals surface area (Å²) >= 11 is 7.66. The van der Waals surface area contributed by atoms with E-state index in [2.05, 4.69) is 17.2 Å². The summed E-state index contributed by atoms with van der Waals surface area (Å²) in [5.74, 6) is 0. The molecule has 0 aliphatic rings. The minimum absolute atomic E-state index is 0.792.